The Balaban J connectivity index is 1.56. The maximum atomic E-state index is 13.3. The number of hydrogen-bond donors (Lipinski definition) is 1. The molecule has 1 aromatic carbocycles. The van der Waals surface area contributed by atoms with E-state index in [9.17, 15) is 9.18 Å². The molecule has 6 heteroatoms. The largest absolute Gasteiger partial charge is 0.480 e. The number of likely N-dealkylation sites (tertiary alicyclic amines) is 1. The first-order chi connectivity index (χ1) is 12.4. The van der Waals surface area contributed by atoms with Gasteiger partial charge in [-0.05, 0) is 62.7 Å². The van der Waals surface area contributed by atoms with Gasteiger partial charge in [0.25, 0.3) is 0 Å². The molecule has 1 saturated heterocycles. The lowest BCUT2D eigenvalue weighted by Crippen LogP contribution is -2.44. The summed E-state index contributed by atoms with van der Waals surface area (Å²) in [6.45, 7) is 4.53. The molecule has 2 aromatic rings. The Kier molecular flexibility index (Phi) is 5.74. The van der Waals surface area contributed by atoms with E-state index in [-0.39, 0.29) is 12.4 Å². The molecule has 3 rings (SSSR count). The molecule has 0 aliphatic carbocycles. The van der Waals surface area contributed by atoms with Gasteiger partial charge in [0.15, 0.2) is 0 Å². The Bertz CT molecular complexity index is 766. The highest BCUT2D eigenvalue weighted by molar-refractivity contribution is 5.69. The van der Waals surface area contributed by atoms with Gasteiger partial charge in [0.2, 0.25) is 0 Å². The fourth-order valence-corrected chi connectivity index (χ4v) is 3.59. The van der Waals surface area contributed by atoms with Crippen LogP contribution in [0.25, 0.3) is 11.3 Å². The van der Waals surface area contributed by atoms with Gasteiger partial charge in [-0.2, -0.15) is 0 Å². The van der Waals surface area contributed by atoms with Crippen molar-refractivity contribution in [2.24, 2.45) is 0 Å². The lowest BCUT2D eigenvalue weighted by molar-refractivity contribution is -0.138. The molecular formula is C20H25FN2O3. The number of furan rings is 1. The van der Waals surface area contributed by atoms with Crippen LogP contribution in [0, 0.1) is 12.7 Å². The summed E-state index contributed by atoms with van der Waals surface area (Å²) < 4.78 is 19.2. The SMILES string of the molecule is Cc1cc(F)ccc1-c1ccc(CN2CCC(N(C)CC(=O)O)CC2)o1. The van der Waals surface area contributed by atoms with Crippen molar-refractivity contribution in [1.29, 1.82) is 0 Å². The van der Waals surface area contributed by atoms with Gasteiger partial charge in [-0.1, -0.05) is 0 Å². The topological polar surface area (TPSA) is 56.9 Å². The Hall–Kier alpha value is -2.18. The zero-order chi connectivity index (χ0) is 18.7. The number of aryl methyl sites for hydroxylation is 1. The molecule has 1 aromatic heterocycles. The van der Waals surface area contributed by atoms with E-state index in [0.29, 0.717) is 6.04 Å². The summed E-state index contributed by atoms with van der Waals surface area (Å²) in [6, 6.07) is 8.93. The van der Waals surface area contributed by atoms with Gasteiger partial charge in [-0.3, -0.25) is 14.6 Å². The molecule has 2 heterocycles. The number of carbonyl (C=O) groups is 1. The number of carboxylic acid groups (broad SMARTS) is 1. The Labute approximate surface area is 153 Å². The van der Waals surface area contributed by atoms with E-state index in [4.69, 9.17) is 9.52 Å². The van der Waals surface area contributed by atoms with Crippen molar-refractivity contribution >= 4 is 5.97 Å². The molecular weight excluding hydrogens is 335 g/mol. The molecule has 0 radical (unpaired) electrons. The minimum absolute atomic E-state index is 0.0865. The minimum atomic E-state index is -0.783. The van der Waals surface area contributed by atoms with E-state index in [0.717, 1.165) is 55.1 Å². The van der Waals surface area contributed by atoms with Crippen LogP contribution in [0.15, 0.2) is 34.7 Å². The quantitative estimate of drug-likeness (QED) is 0.856. The van der Waals surface area contributed by atoms with Crippen LogP contribution in [-0.4, -0.2) is 53.6 Å². The highest BCUT2D eigenvalue weighted by atomic mass is 19.1. The maximum Gasteiger partial charge on any atom is 0.317 e. The number of rotatable bonds is 6. The number of aliphatic carboxylic acids is 1. The fourth-order valence-electron chi connectivity index (χ4n) is 3.59. The van der Waals surface area contributed by atoms with Crippen LogP contribution in [0.4, 0.5) is 4.39 Å². The highest BCUT2D eigenvalue weighted by Gasteiger charge is 2.24. The van der Waals surface area contributed by atoms with E-state index in [1.165, 1.54) is 12.1 Å². The lowest BCUT2D eigenvalue weighted by Gasteiger charge is -2.35. The molecule has 1 aliphatic heterocycles. The van der Waals surface area contributed by atoms with E-state index in [2.05, 4.69) is 4.90 Å². The second-order valence-electron chi connectivity index (χ2n) is 7.04. The van der Waals surface area contributed by atoms with Crippen molar-refractivity contribution in [3.05, 3.63) is 47.5 Å². The van der Waals surface area contributed by atoms with E-state index in [1.807, 2.05) is 31.0 Å². The van der Waals surface area contributed by atoms with Crippen LogP contribution in [0.5, 0.6) is 0 Å². The predicted octanol–water partition coefficient (Wildman–Crippen LogP) is 3.37. The number of nitrogens with zero attached hydrogens (tertiary/aromatic N) is 2. The summed E-state index contributed by atoms with van der Waals surface area (Å²) in [5.74, 6) is 0.623. The van der Waals surface area contributed by atoms with Crippen LogP contribution in [0.3, 0.4) is 0 Å². The molecule has 0 unspecified atom stereocenters. The van der Waals surface area contributed by atoms with Crippen molar-refractivity contribution in [3.63, 3.8) is 0 Å². The number of hydrogen-bond acceptors (Lipinski definition) is 4. The summed E-state index contributed by atoms with van der Waals surface area (Å²) in [6.07, 6.45) is 1.91. The van der Waals surface area contributed by atoms with E-state index < -0.39 is 5.97 Å². The van der Waals surface area contributed by atoms with Gasteiger partial charge >= 0.3 is 5.97 Å². The molecule has 0 saturated carbocycles. The van der Waals surface area contributed by atoms with E-state index >= 15 is 0 Å². The van der Waals surface area contributed by atoms with Gasteiger partial charge in [0.1, 0.15) is 17.3 Å². The average molecular weight is 360 g/mol. The summed E-state index contributed by atoms with van der Waals surface area (Å²) in [7, 11) is 1.87. The lowest BCUT2D eigenvalue weighted by atomic mass is 10.0. The van der Waals surface area contributed by atoms with Crippen LogP contribution < -0.4 is 0 Å². The molecule has 0 bridgehead atoms. The Morgan fingerprint density at radius 2 is 2.04 bits per heavy atom. The van der Waals surface area contributed by atoms with Crippen LogP contribution in [0.1, 0.15) is 24.2 Å². The molecule has 1 N–H and O–H groups in total. The van der Waals surface area contributed by atoms with Crippen molar-refractivity contribution in [2.75, 3.05) is 26.7 Å². The molecule has 26 heavy (non-hydrogen) atoms. The second kappa shape index (κ2) is 8.01. The molecule has 1 aliphatic rings. The maximum absolute atomic E-state index is 13.3. The first kappa shape index (κ1) is 18.6. The normalized spacial score (nSPS) is 16.3. The van der Waals surface area contributed by atoms with Gasteiger partial charge in [-0.15, -0.1) is 0 Å². The van der Waals surface area contributed by atoms with Crippen molar-refractivity contribution in [1.82, 2.24) is 9.80 Å². The third-order valence-electron chi connectivity index (χ3n) is 5.06. The number of likely N-dealkylation sites (N-methyl/N-ethyl adjacent to an activating group) is 1. The first-order valence-corrected chi connectivity index (χ1v) is 8.92. The van der Waals surface area contributed by atoms with Crippen molar-refractivity contribution < 1.29 is 18.7 Å². The highest BCUT2D eigenvalue weighted by Crippen LogP contribution is 2.27. The number of carboxylic acids is 1. The average Bonchev–Trinajstić information content (AvgIpc) is 3.03. The Morgan fingerprint density at radius 1 is 1.31 bits per heavy atom. The monoisotopic (exact) mass is 360 g/mol. The van der Waals surface area contributed by atoms with E-state index in [1.54, 1.807) is 6.07 Å². The number of halogens is 1. The summed E-state index contributed by atoms with van der Waals surface area (Å²) in [5, 5.41) is 8.91. The van der Waals surface area contributed by atoms with Crippen molar-refractivity contribution in [2.45, 2.75) is 32.4 Å². The van der Waals surface area contributed by atoms with Crippen LogP contribution >= 0.6 is 0 Å². The molecule has 0 amide bonds. The fraction of sp³-hybridized carbons (Fsp3) is 0.450. The summed E-state index contributed by atoms with van der Waals surface area (Å²) in [5.41, 5.74) is 1.76. The molecule has 5 nitrogen and oxygen atoms in total. The zero-order valence-corrected chi connectivity index (χ0v) is 15.2. The third-order valence-corrected chi connectivity index (χ3v) is 5.06. The van der Waals surface area contributed by atoms with Crippen LogP contribution in [0.2, 0.25) is 0 Å². The molecule has 0 atom stereocenters. The van der Waals surface area contributed by atoms with Gasteiger partial charge in [0.05, 0.1) is 13.1 Å². The zero-order valence-electron chi connectivity index (χ0n) is 15.2. The third kappa shape index (κ3) is 4.51. The first-order valence-electron chi connectivity index (χ1n) is 8.92. The minimum Gasteiger partial charge on any atom is -0.480 e. The molecule has 1 fully saturated rings. The van der Waals surface area contributed by atoms with Crippen LogP contribution in [-0.2, 0) is 11.3 Å². The second-order valence-corrected chi connectivity index (χ2v) is 7.04. The van der Waals surface area contributed by atoms with Gasteiger partial charge in [0, 0.05) is 24.7 Å². The smallest absolute Gasteiger partial charge is 0.317 e. The summed E-state index contributed by atoms with van der Waals surface area (Å²) in [4.78, 5) is 15.1. The summed E-state index contributed by atoms with van der Waals surface area (Å²) >= 11 is 0. The standard InChI is InChI=1S/C20H25FN2O3/c1-14-11-15(21)3-5-18(14)19-6-4-17(26-19)12-23-9-7-16(8-10-23)22(2)13-20(24)25/h3-6,11,16H,7-10,12-13H2,1-2H3,(H,24,25). The Morgan fingerprint density at radius 3 is 2.69 bits per heavy atom. The predicted molar refractivity (Wildman–Crippen MR) is 97.4 cm³/mol. The molecule has 0 spiro atoms. The van der Waals surface area contributed by atoms with Crippen molar-refractivity contribution in [3.8, 4) is 11.3 Å². The number of piperidine rings is 1. The van der Waals surface area contributed by atoms with Gasteiger partial charge in [-0.25, -0.2) is 4.39 Å². The van der Waals surface area contributed by atoms with Gasteiger partial charge < -0.3 is 9.52 Å². The molecule has 140 valence electrons. The number of benzene rings is 1.